The lowest BCUT2D eigenvalue weighted by molar-refractivity contribution is -0.128. The average molecular weight is 186 g/mol. The lowest BCUT2D eigenvalue weighted by Gasteiger charge is -1.99. The number of hydrogen-bond donors (Lipinski definition) is 0. The van der Waals surface area contributed by atoms with Crippen LogP contribution >= 0.6 is 11.6 Å². The minimum atomic E-state index is 0.367. The van der Waals surface area contributed by atoms with Crippen molar-refractivity contribution in [3.8, 4) is 0 Å². The molecular weight excluding hydrogens is 178 g/mol. The van der Waals surface area contributed by atoms with E-state index in [1.165, 1.54) is 0 Å². The zero-order valence-corrected chi connectivity index (χ0v) is 7.12. The van der Waals surface area contributed by atoms with Gasteiger partial charge in [-0.3, -0.25) is 9.78 Å². The van der Waals surface area contributed by atoms with Crippen molar-refractivity contribution in [1.82, 2.24) is 4.98 Å². The van der Waals surface area contributed by atoms with Gasteiger partial charge in [-0.05, 0) is 11.6 Å². The molecule has 4 heteroatoms. The molecule has 12 heavy (non-hydrogen) atoms. The minimum absolute atomic E-state index is 0.367. The van der Waals surface area contributed by atoms with Crippen LogP contribution in [0.1, 0.15) is 5.56 Å². The highest BCUT2D eigenvalue weighted by molar-refractivity contribution is 6.30. The van der Waals surface area contributed by atoms with Crippen LogP contribution in [-0.4, -0.2) is 18.1 Å². The van der Waals surface area contributed by atoms with Crippen molar-refractivity contribution in [1.29, 1.82) is 0 Å². The number of rotatable bonds is 4. The normalized spacial score (nSPS) is 9.42. The van der Waals surface area contributed by atoms with Crippen molar-refractivity contribution in [2.45, 2.75) is 6.42 Å². The molecule has 0 unspecified atom stereocenters. The molecule has 1 aromatic heterocycles. The third-order valence-electron chi connectivity index (χ3n) is 1.34. The predicted octanol–water partition coefficient (Wildman–Crippen LogP) is 1.45. The highest BCUT2D eigenvalue weighted by Crippen LogP contribution is 2.08. The fourth-order valence-electron chi connectivity index (χ4n) is 0.817. The summed E-state index contributed by atoms with van der Waals surface area (Å²) in [7, 11) is 0. The van der Waals surface area contributed by atoms with Crippen LogP contribution in [0.25, 0.3) is 0 Å². The van der Waals surface area contributed by atoms with E-state index in [1.807, 2.05) is 0 Å². The standard InChI is InChI=1S/C8H8ClNO2/c9-8-3-7(4-10-5-8)1-2-12-6-11/h3-6H,1-2H2. The highest BCUT2D eigenvalue weighted by atomic mass is 35.5. The molecule has 0 saturated heterocycles. The van der Waals surface area contributed by atoms with Crippen LogP contribution in [0.2, 0.25) is 5.02 Å². The molecule has 0 amide bonds. The van der Waals surface area contributed by atoms with Gasteiger partial charge in [-0.15, -0.1) is 0 Å². The predicted molar refractivity (Wildman–Crippen MR) is 45.0 cm³/mol. The molecule has 0 saturated carbocycles. The summed E-state index contributed by atoms with van der Waals surface area (Å²) < 4.78 is 4.53. The smallest absolute Gasteiger partial charge is 0.293 e. The van der Waals surface area contributed by atoms with E-state index in [0.29, 0.717) is 24.5 Å². The second kappa shape index (κ2) is 4.72. The van der Waals surface area contributed by atoms with Gasteiger partial charge < -0.3 is 4.74 Å². The van der Waals surface area contributed by atoms with E-state index in [0.717, 1.165) is 5.56 Å². The Labute approximate surface area is 75.3 Å². The third-order valence-corrected chi connectivity index (χ3v) is 1.54. The quantitative estimate of drug-likeness (QED) is 0.527. The van der Waals surface area contributed by atoms with Crippen LogP contribution in [0.3, 0.4) is 0 Å². The Morgan fingerprint density at radius 1 is 1.58 bits per heavy atom. The first-order chi connectivity index (χ1) is 5.83. The van der Waals surface area contributed by atoms with Gasteiger partial charge in [0.2, 0.25) is 0 Å². The molecule has 0 bridgehead atoms. The summed E-state index contributed by atoms with van der Waals surface area (Å²) in [6.45, 7) is 0.795. The summed E-state index contributed by atoms with van der Waals surface area (Å²) in [5, 5.41) is 0.596. The molecule has 1 aromatic rings. The number of ether oxygens (including phenoxy) is 1. The molecule has 0 fully saturated rings. The first-order valence-corrected chi connectivity index (χ1v) is 3.85. The third kappa shape index (κ3) is 2.88. The van der Waals surface area contributed by atoms with Crippen molar-refractivity contribution >= 4 is 18.1 Å². The zero-order valence-electron chi connectivity index (χ0n) is 6.37. The number of nitrogens with zero attached hydrogens (tertiary/aromatic N) is 1. The lowest BCUT2D eigenvalue weighted by Crippen LogP contribution is -1.96. The number of halogens is 1. The SMILES string of the molecule is O=COCCc1cncc(Cl)c1. The summed E-state index contributed by atoms with van der Waals surface area (Å²) in [6, 6.07) is 1.79. The molecule has 0 aliphatic heterocycles. The van der Waals surface area contributed by atoms with Crippen LogP contribution in [0.15, 0.2) is 18.5 Å². The molecule has 64 valence electrons. The van der Waals surface area contributed by atoms with Gasteiger partial charge >= 0.3 is 0 Å². The van der Waals surface area contributed by atoms with Crippen molar-refractivity contribution in [2.24, 2.45) is 0 Å². The number of carbonyl (C=O) groups excluding carboxylic acids is 1. The Balaban J connectivity index is 2.46. The second-order valence-corrected chi connectivity index (χ2v) is 2.66. The van der Waals surface area contributed by atoms with Gasteiger partial charge in [0.1, 0.15) is 0 Å². The fourth-order valence-corrected chi connectivity index (χ4v) is 1.01. The topological polar surface area (TPSA) is 39.2 Å². The summed E-state index contributed by atoms with van der Waals surface area (Å²) in [5.41, 5.74) is 0.962. The summed E-state index contributed by atoms with van der Waals surface area (Å²) >= 11 is 5.68. The minimum Gasteiger partial charge on any atom is -0.468 e. The van der Waals surface area contributed by atoms with Crippen molar-refractivity contribution in [3.05, 3.63) is 29.0 Å². The number of pyridine rings is 1. The maximum absolute atomic E-state index is 9.80. The second-order valence-electron chi connectivity index (χ2n) is 2.23. The van der Waals surface area contributed by atoms with Crippen molar-refractivity contribution < 1.29 is 9.53 Å². The molecule has 0 spiro atoms. The van der Waals surface area contributed by atoms with Crippen LogP contribution in [0, 0.1) is 0 Å². The molecular formula is C8H8ClNO2. The van der Waals surface area contributed by atoms with E-state index in [4.69, 9.17) is 11.6 Å². The Morgan fingerprint density at radius 2 is 2.42 bits per heavy atom. The van der Waals surface area contributed by atoms with Gasteiger partial charge in [-0.2, -0.15) is 0 Å². The number of hydrogen-bond acceptors (Lipinski definition) is 3. The summed E-state index contributed by atoms with van der Waals surface area (Å²) in [5.74, 6) is 0. The van der Waals surface area contributed by atoms with Crippen LogP contribution in [-0.2, 0) is 16.0 Å². The maximum atomic E-state index is 9.80. The molecule has 1 rings (SSSR count). The fraction of sp³-hybridized carbons (Fsp3) is 0.250. The Morgan fingerprint density at radius 3 is 3.08 bits per heavy atom. The molecule has 0 aromatic carbocycles. The van der Waals surface area contributed by atoms with E-state index < -0.39 is 0 Å². The molecule has 0 atom stereocenters. The molecule has 1 heterocycles. The van der Waals surface area contributed by atoms with Gasteiger partial charge in [0, 0.05) is 18.8 Å². The molecule has 0 radical (unpaired) electrons. The Hall–Kier alpha value is -1.09. The van der Waals surface area contributed by atoms with Crippen molar-refractivity contribution in [2.75, 3.05) is 6.61 Å². The lowest BCUT2D eigenvalue weighted by atomic mass is 10.2. The summed E-state index contributed by atoms with van der Waals surface area (Å²) in [4.78, 5) is 13.7. The molecule has 0 aliphatic carbocycles. The first-order valence-electron chi connectivity index (χ1n) is 3.47. The molecule has 0 aliphatic rings. The monoisotopic (exact) mass is 185 g/mol. The van der Waals surface area contributed by atoms with Crippen molar-refractivity contribution in [3.63, 3.8) is 0 Å². The average Bonchev–Trinajstić information content (AvgIpc) is 2.05. The van der Waals surface area contributed by atoms with Crippen LogP contribution in [0.4, 0.5) is 0 Å². The Bertz CT molecular complexity index is 265. The first kappa shape index (κ1) is 9.00. The zero-order chi connectivity index (χ0) is 8.81. The van der Waals surface area contributed by atoms with Gasteiger partial charge in [0.25, 0.3) is 6.47 Å². The van der Waals surface area contributed by atoms with Gasteiger partial charge in [0.15, 0.2) is 0 Å². The van der Waals surface area contributed by atoms with Crippen LogP contribution < -0.4 is 0 Å². The van der Waals surface area contributed by atoms with E-state index in [2.05, 4.69) is 9.72 Å². The number of aromatic nitrogens is 1. The molecule has 0 N–H and O–H groups in total. The van der Waals surface area contributed by atoms with E-state index in [-0.39, 0.29) is 0 Å². The van der Waals surface area contributed by atoms with Gasteiger partial charge in [-0.25, -0.2) is 0 Å². The van der Waals surface area contributed by atoms with Gasteiger partial charge in [-0.1, -0.05) is 11.6 Å². The highest BCUT2D eigenvalue weighted by Gasteiger charge is 1.94. The maximum Gasteiger partial charge on any atom is 0.293 e. The Kier molecular flexibility index (Phi) is 3.54. The van der Waals surface area contributed by atoms with Gasteiger partial charge in [0.05, 0.1) is 11.6 Å². The van der Waals surface area contributed by atoms with E-state index in [1.54, 1.807) is 18.5 Å². The summed E-state index contributed by atoms with van der Waals surface area (Å²) in [6.07, 6.45) is 3.90. The van der Waals surface area contributed by atoms with E-state index >= 15 is 0 Å². The largest absolute Gasteiger partial charge is 0.468 e. The van der Waals surface area contributed by atoms with Crippen LogP contribution in [0.5, 0.6) is 0 Å². The van der Waals surface area contributed by atoms with E-state index in [9.17, 15) is 4.79 Å². The molecule has 3 nitrogen and oxygen atoms in total. The number of carbonyl (C=O) groups is 1.